The number of carbonyl (C=O) groups is 1. The van der Waals surface area contributed by atoms with E-state index in [-0.39, 0.29) is 5.91 Å². The Balaban J connectivity index is 1.38. The Bertz CT molecular complexity index is 1030. The van der Waals surface area contributed by atoms with Crippen LogP contribution in [0.2, 0.25) is 0 Å². The predicted octanol–water partition coefficient (Wildman–Crippen LogP) is 3.81. The van der Waals surface area contributed by atoms with E-state index in [1.165, 1.54) is 17.5 Å². The fourth-order valence-electron chi connectivity index (χ4n) is 2.38. The van der Waals surface area contributed by atoms with Crippen LogP contribution < -0.4 is 10.1 Å². The number of aromatic nitrogens is 3. The van der Waals surface area contributed by atoms with E-state index >= 15 is 0 Å². The monoisotopic (exact) mass is 362 g/mol. The number of rotatable bonds is 5. The van der Waals surface area contributed by atoms with E-state index in [9.17, 15) is 4.79 Å². The molecule has 7 heteroatoms. The maximum Gasteiger partial charge on any atom is 0.278 e. The molecule has 26 heavy (non-hydrogen) atoms. The van der Waals surface area contributed by atoms with Crippen molar-refractivity contribution >= 4 is 28.3 Å². The van der Waals surface area contributed by atoms with E-state index in [0.717, 1.165) is 11.1 Å². The first kappa shape index (κ1) is 16.2. The van der Waals surface area contributed by atoms with Crippen LogP contribution in [-0.2, 0) is 6.54 Å². The van der Waals surface area contributed by atoms with Crippen molar-refractivity contribution in [3.8, 4) is 10.9 Å². The van der Waals surface area contributed by atoms with E-state index in [0.29, 0.717) is 28.7 Å². The highest BCUT2D eigenvalue weighted by Crippen LogP contribution is 2.23. The molecule has 2 aromatic carbocycles. The zero-order chi connectivity index (χ0) is 17.8. The molecule has 4 aromatic rings. The largest absolute Gasteiger partial charge is 0.431 e. The Labute approximate surface area is 153 Å². The van der Waals surface area contributed by atoms with Crippen molar-refractivity contribution in [1.82, 2.24) is 20.3 Å². The number of hydrogen-bond acceptors (Lipinski definition) is 6. The standard InChI is InChI=1S/C19H14N4O2S/c24-18(17-12-21-15-3-1-2-4-16(15)23-17)22-11-13-5-7-14(8-6-13)25-19-20-9-10-26-19/h1-10,12H,11H2,(H,22,24). The number of amides is 1. The summed E-state index contributed by atoms with van der Waals surface area (Å²) in [5, 5.41) is 5.31. The van der Waals surface area contributed by atoms with Crippen LogP contribution in [0.25, 0.3) is 11.0 Å². The number of ether oxygens (including phenoxy) is 1. The minimum Gasteiger partial charge on any atom is -0.431 e. The smallest absolute Gasteiger partial charge is 0.278 e. The molecular weight excluding hydrogens is 348 g/mol. The third-order valence-electron chi connectivity index (χ3n) is 3.67. The van der Waals surface area contributed by atoms with E-state index < -0.39 is 0 Å². The summed E-state index contributed by atoms with van der Waals surface area (Å²) in [6, 6.07) is 14.9. The SMILES string of the molecule is O=C(NCc1ccc(Oc2nccs2)cc1)c1cnc2ccccc2n1. The normalized spacial score (nSPS) is 10.6. The zero-order valence-electron chi connectivity index (χ0n) is 13.6. The van der Waals surface area contributed by atoms with Crippen LogP contribution in [0, 0.1) is 0 Å². The summed E-state index contributed by atoms with van der Waals surface area (Å²) < 4.78 is 5.61. The quantitative estimate of drug-likeness (QED) is 0.584. The maximum absolute atomic E-state index is 12.3. The van der Waals surface area contributed by atoms with Crippen molar-refractivity contribution in [2.45, 2.75) is 6.54 Å². The molecule has 0 saturated heterocycles. The summed E-state index contributed by atoms with van der Waals surface area (Å²) in [5.74, 6) is 0.446. The topological polar surface area (TPSA) is 77.0 Å². The Hall–Kier alpha value is -3.32. The van der Waals surface area contributed by atoms with Crippen molar-refractivity contribution in [1.29, 1.82) is 0 Å². The third-order valence-corrected chi connectivity index (χ3v) is 4.32. The van der Waals surface area contributed by atoms with Crippen LogP contribution in [0.15, 0.2) is 66.3 Å². The molecule has 0 aliphatic rings. The molecule has 0 bridgehead atoms. The number of nitrogens with zero attached hydrogens (tertiary/aromatic N) is 3. The second-order valence-electron chi connectivity index (χ2n) is 5.47. The third kappa shape index (κ3) is 3.68. The summed E-state index contributed by atoms with van der Waals surface area (Å²) >= 11 is 1.43. The second-order valence-corrected chi connectivity index (χ2v) is 6.33. The van der Waals surface area contributed by atoms with Crippen LogP contribution in [-0.4, -0.2) is 20.9 Å². The lowest BCUT2D eigenvalue weighted by molar-refractivity contribution is 0.0946. The van der Waals surface area contributed by atoms with Gasteiger partial charge in [-0.1, -0.05) is 35.6 Å². The first-order valence-corrected chi connectivity index (χ1v) is 8.82. The molecule has 4 rings (SSSR count). The van der Waals surface area contributed by atoms with Crippen LogP contribution in [0.5, 0.6) is 10.9 Å². The predicted molar refractivity (Wildman–Crippen MR) is 99.3 cm³/mol. The van der Waals surface area contributed by atoms with Gasteiger partial charge in [0.25, 0.3) is 11.1 Å². The van der Waals surface area contributed by atoms with Crippen molar-refractivity contribution in [2.24, 2.45) is 0 Å². The Morgan fingerprint density at radius 3 is 2.62 bits per heavy atom. The number of hydrogen-bond donors (Lipinski definition) is 1. The Morgan fingerprint density at radius 2 is 1.85 bits per heavy atom. The van der Waals surface area contributed by atoms with E-state index in [1.54, 1.807) is 6.20 Å². The number of thiazole rings is 1. The fraction of sp³-hybridized carbons (Fsp3) is 0.0526. The van der Waals surface area contributed by atoms with Gasteiger partial charge in [0.15, 0.2) is 0 Å². The average Bonchev–Trinajstić information content (AvgIpc) is 3.20. The average molecular weight is 362 g/mol. The molecule has 0 spiro atoms. The molecule has 0 aliphatic heterocycles. The highest BCUT2D eigenvalue weighted by Gasteiger charge is 2.09. The molecule has 0 saturated carbocycles. The molecule has 0 aliphatic carbocycles. The molecule has 1 N–H and O–H groups in total. The summed E-state index contributed by atoms with van der Waals surface area (Å²) in [7, 11) is 0. The molecule has 128 valence electrons. The number of fused-ring (bicyclic) bond motifs is 1. The lowest BCUT2D eigenvalue weighted by Crippen LogP contribution is -2.24. The van der Waals surface area contributed by atoms with Crippen molar-refractivity contribution in [2.75, 3.05) is 0 Å². The van der Waals surface area contributed by atoms with Gasteiger partial charge in [0.05, 0.1) is 17.2 Å². The van der Waals surface area contributed by atoms with Gasteiger partial charge in [-0.15, -0.1) is 0 Å². The molecule has 1 amide bonds. The minimum absolute atomic E-state index is 0.258. The lowest BCUT2D eigenvalue weighted by atomic mass is 10.2. The number of nitrogens with one attached hydrogen (secondary N) is 1. The minimum atomic E-state index is -0.258. The van der Waals surface area contributed by atoms with Crippen molar-refractivity contribution < 1.29 is 9.53 Å². The molecule has 2 aromatic heterocycles. The fourth-order valence-corrected chi connectivity index (χ4v) is 2.88. The maximum atomic E-state index is 12.3. The van der Waals surface area contributed by atoms with Gasteiger partial charge >= 0.3 is 0 Å². The summed E-state index contributed by atoms with van der Waals surface area (Å²) in [6.07, 6.45) is 3.18. The van der Waals surface area contributed by atoms with Crippen LogP contribution in [0.3, 0.4) is 0 Å². The van der Waals surface area contributed by atoms with E-state index in [2.05, 4.69) is 20.3 Å². The van der Waals surface area contributed by atoms with Gasteiger partial charge in [0.1, 0.15) is 11.4 Å². The second kappa shape index (κ2) is 7.28. The molecule has 0 radical (unpaired) electrons. The highest BCUT2D eigenvalue weighted by atomic mass is 32.1. The molecular formula is C19H14N4O2S. The van der Waals surface area contributed by atoms with E-state index in [1.807, 2.05) is 53.9 Å². The molecule has 6 nitrogen and oxygen atoms in total. The molecule has 2 heterocycles. The number of benzene rings is 2. The first-order chi connectivity index (χ1) is 12.8. The van der Waals surface area contributed by atoms with Gasteiger partial charge in [-0.3, -0.25) is 9.78 Å². The summed E-state index contributed by atoms with van der Waals surface area (Å²) in [4.78, 5) is 25.0. The Kier molecular flexibility index (Phi) is 4.53. The van der Waals surface area contributed by atoms with Gasteiger partial charge in [-0.05, 0) is 29.8 Å². The van der Waals surface area contributed by atoms with Crippen LogP contribution >= 0.6 is 11.3 Å². The summed E-state index contributed by atoms with van der Waals surface area (Å²) in [6.45, 7) is 0.394. The first-order valence-electron chi connectivity index (χ1n) is 7.94. The summed E-state index contributed by atoms with van der Waals surface area (Å²) in [5.41, 5.74) is 2.72. The van der Waals surface area contributed by atoms with Gasteiger partial charge in [-0.2, -0.15) is 0 Å². The molecule has 0 fully saturated rings. The van der Waals surface area contributed by atoms with E-state index in [4.69, 9.17) is 4.74 Å². The van der Waals surface area contributed by atoms with Crippen molar-refractivity contribution in [3.05, 3.63) is 77.6 Å². The van der Waals surface area contributed by atoms with Gasteiger partial charge in [0, 0.05) is 18.1 Å². The number of carbonyl (C=O) groups excluding carboxylic acids is 1. The molecule has 0 atom stereocenters. The highest BCUT2D eigenvalue weighted by molar-refractivity contribution is 7.11. The van der Waals surface area contributed by atoms with Crippen molar-refractivity contribution in [3.63, 3.8) is 0 Å². The number of para-hydroxylation sites is 2. The van der Waals surface area contributed by atoms with Gasteiger partial charge in [-0.25, -0.2) is 9.97 Å². The van der Waals surface area contributed by atoms with Gasteiger partial charge in [0.2, 0.25) is 0 Å². The molecule has 0 unspecified atom stereocenters. The van der Waals surface area contributed by atoms with Crippen LogP contribution in [0.1, 0.15) is 16.1 Å². The Morgan fingerprint density at radius 1 is 1.04 bits per heavy atom. The van der Waals surface area contributed by atoms with Crippen LogP contribution in [0.4, 0.5) is 0 Å². The van der Waals surface area contributed by atoms with Gasteiger partial charge < -0.3 is 10.1 Å². The zero-order valence-corrected chi connectivity index (χ0v) is 14.4. The lowest BCUT2D eigenvalue weighted by Gasteiger charge is -2.07.